The first-order valence-corrected chi connectivity index (χ1v) is 8.88. The average Bonchev–Trinajstić information content (AvgIpc) is 2.61. The van der Waals surface area contributed by atoms with Gasteiger partial charge in [-0.3, -0.25) is 9.78 Å². The first-order valence-electron chi connectivity index (χ1n) is 8.88. The predicted molar refractivity (Wildman–Crippen MR) is 104 cm³/mol. The van der Waals surface area contributed by atoms with Gasteiger partial charge in [-0.05, 0) is 24.5 Å². The maximum absolute atomic E-state index is 12.4. The number of aryl methyl sites for hydroxylation is 1. The number of pyridine rings is 1. The molecule has 3 aromatic rings. The van der Waals surface area contributed by atoms with Crippen LogP contribution >= 0.6 is 0 Å². The van der Waals surface area contributed by atoms with Gasteiger partial charge in [-0.2, -0.15) is 0 Å². The fourth-order valence-electron chi connectivity index (χ4n) is 3.07. The number of phenolic OH excluding ortho intramolecular Hbond substituents is 1. The minimum Gasteiger partial charge on any atom is -0.505 e. The molecule has 0 spiro atoms. The zero-order valence-corrected chi connectivity index (χ0v) is 15.4. The van der Waals surface area contributed by atoms with Gasteiger partial charge in [-0.1, -0.05) is 61.9 Å². The lowest BCUT2D eigenvalue weighted by atomic mass is 9.95. The number of rotatable bonds is 5. The van der Waals surface area contributed by atoms with E-state index in [1.54, 1.807) is 6.20 Å². The van der Waals surface area contributed by atoms with E-state index in [2.05, 4.69) is 10.3 Å². The summed E-state index contributed by atoms with van der Waals surface area (Å²) >= 11 is 0. The number of carbonyl (C=O) groups excluding carboxylic acids is 1. The highest BCUT2D eigenvalue weighted by Gasteiger charge is 2.22. The van der Waals surface area contributed by atoms with Crippen LogP contribution < -0.4 is 5.32 Å². The summed E-state index contributed by atoms with van der Waals surface area (Å²) < 4.78 is 0. The smallest absolute Gasteiger partial charge is 0.221 e. The second-order valence-corrected chi connectivity index (χ2v) is 7.09. The number of hydrogen-bond acceptors (Lipinski definition) is 3. The molecular weight excluding hydrogens is 324 g/mol. The number of aromatic nitrogens is 1. The van der Waals surface area contributed by atoms with Crippen molar-refractivity contribution in [1.29, 1.82) is 0 Å². The van der Waals surface area contributed by atoms with Crippen molar-refractivity contribution in [1.82, 2.24) is 10.3 Å². The van der Waals surface area contributed by atoms with Crippen LogP contribution in [0.3, 0.4) is 0 Å². The molecule has 134 valence electrons. The topological polar surface area (TPSA) is 62.2 Å². The Morgan fingerprint density at radius 2 is 1.85 bits per heavy atom. The molecule has 4 nitrogen and oxygen atoms in total. The Kier molecular flexibility index (Phi) is 5.21. The van der Waals surface area contributed by atoms with Gasteiger partial charge in [-0.25, -0.2) is 0 Å². The van der Waals surface area contributed by atoms with Crippen LogP contribution in [0.2, 0.25) is 0 Å². The van der Waals surface area contributed by atoms with E-state index in [0.29, 0.717) is 17.5 Å². The molecule has 0 aliphatic heterocycles. The van der Waals surface area contributed by atoms with Crippen molar-refractivity contribution < 1.29 is 9.90 Å². The molecule has 4 heteroatoms. The molecule has 1 heterocycles. The van der Waals surface area contributed by atoms with Crippen molar-refractivity contribution in [3.8, 4) is 5.75 Å². The average molecular weight is 348 g/mol. The Morgan fingerprint density at radius 3 is 2.54 bits per heavy atom. The monoisotopic (exact) mass is 348 g/mol. The fourth-order valence-corrected chi connectivity index (χ4v) is 3.07. The van der Waals surface area contributed by atoms with Crippen molar-refractivity contribution in [2.75, 3.05) is 0 Å². The van der Waals surface area contributed by atoms with Crippen molar-refractivity contribution >= 4 is 16.8 Å². The lowest BCUT2D eigenvalue weighted by Gasteiger charge is -2.22. The zero-order valence-electron chi connectivity index (χ0n) is 15.4. The van der Waals surface area contributed by atoms with Crippen LogP contribution in [0.25, 0.3) is 10.9 Å². The highest BCUT2D eigenvalue weighted by molar-refractivity contribution is 5.86. The summed E-state index contributed by atoms with van der Waals surface area (Å²) in [5, 5.41) is 14.8. The van der Waals surface area contributed by atoms with Gasteiger partial charge in [0.05, 0.1) is 6.04 Å². The molecule has 0 bridgehead atoms. The quantitative estimate of drug-likeness (QED) is 0.713. The van der Waals surface area contributed by atoms with Crippen molar-refractivity contribution in [3.05, 3.63) is 71.4 Å². The first kappa shape index (κ1) is 17.9. The molecule has 0 saturated carbocycles. The van der Waals surface area contributed by atoms with Crippen LogP contribution in [0.5, 0.6) is 5.75 Å². The second-order valence-electron chi connectivity index (χ2n) is 7.09. The number of carbonyl (C=O) groups is 1. The number of nitrogens with one attached hydrogen (secondary N) is 1. The van der Waals surface area contributed by atoms with Crippen LogP contribution in [0.4, 0.5) is 0 Å². The minimum atomic E-state index is -0.423. The molecule has 1 aromatic heterocycles. The maximum atomic E-state index is 12.4. The summed E-state index contributed by atoms with van der Waals surface area (Å²) in [6, 6.07) is 15.1. The van der Waals surface area contributed by atoms with Gasteiger partial charge < -0.3 is 10.4 Å². The number of amides is 1. The minimum absolute atomic E-state index is 0.0360. The predicted octanol–water partition coefficient (Wildman–Crippen LogP) is 4.50. The number of nitrogens with zero attached hydrogens (tertiary/aromatic N) is 1. The molecule has 2 N–H and O–H groups in total. The van der Waals surface area contributed by atoms with Gasteiger partial charge in [0.1, 0.15) is 11.3 Å². The summed E-state index contributed by atoms with van der Waals surface area (Å²) in [7, 11) is 0. The summed E-state index contributed by atoms with van der Waals surface area (Å²) in [5.41, 5.74) is 3.26. The van der Waals surface area contributed by atoms with E-state index < -0.39 is 6.04 Å². The number of aromatic hydroxyl groups is 1. The van der Waals surface area contributed by atoms with E-state index in [0.717, 1.165) is 16.5 Å². The Bertz CT molecular complexity index is 917. The van der Waals surface area contributed by atoms with E-state index >= 15 is 0 Å². The maximum Gasteiger partial charge on any atom is 0.221 e. The van der Waals surface area contributed by atoms with Crippen molar-refractivity contribution in [3.63, 3.8) is 0 Å². The summed E-state index contributed by atoms with van der Waals surface area (Å²) in [6.07, 6.45) is 2.10. The van der Waals surface area contributed by atoms with Crippen molar-refractivity contribution in [2.24, 2.45) is 5.92 Å². The van der Waals surface area contributed by atoms with Crippen LogP contribution in [-0.2, 0) is 4.79 Å². The Morgan fingerprint density at radius 1 is 1.12 bits per heavy atom. The molecule has 1 atom stereocenters. The molecule has 3 rings (SSSR count). The third kappa shape index (κ3) is 3.85. The Labute approximate surface area is 153 Å². The van der Waals surface area contributed by atoms with Crippen molar-refractivity contribution in [2.45, 2.75) is 33.2 Å². The second kappa shape index (κ2) is 7.56. The van der Waals surface area contributed by atoms with E-state index in [-0.39, 0.29) is 17.6 Å². The summed E-state index contributed by atoms with van der Waals surface area (Å²) in [6.45, 7) is 6.04. The Hall–Kier alpha value is -2.88. The fraction of sp³-hybridized carbons (Fsp3) is 0.273. The highest BCUT2D eigenvalue weighted by atomic mass is 16.3. The number of phenols is 1. The van der Waals surface area contributed by atoms with Crippen LogP contribution in [0.1, 0.15) is 43.0 Å². The highest BCUT2D eigenvalue weighted by Crippen LogP contribution is 2.34. The van der Waals surface area contributed by atoms with Gasteiger partial charge in [-0.15, -0.1) is 0 Å². The molecule has 2 aromatic carbocycles. The number of hydrogen-bond donors (Lipinski definition) is 2. The van der Waals surface area contributed by atoms with Gasteiger partial charge in [0.25, 0.3) is 0 Å². The molecule has 0 radical (unpaired) electrons. The van der Waals surface area contributed by atoms with Gasteiger partial charge in [0.2, 0.25) is 5.91 Å². The molecule has 0 aliphatic rings. The SMILES string of the molecule is Cc1ccc([C@@H](NC(=O)CC(C)C)c2ccc3cccnc3c2O)cc1. The lowest BCUT2D eigenvalue weighted by Crippen LogP contribution is -2.30. The van der Waals surface area contributed by atoms with Crippen LogP contribution in [-0.4, -0.2) is 16.0 Å². The third-order valence-electron chi connectivity index (χ3n) is 4.40. The van der Waals surface area contributed by atoms with Crippen LogP contribution in [0, 0.1) is 12.8 Å². The normalized spacial score (nSPS) is 12.3. The molecule has 26 heavy (non-hydrogen) atoms. The van der Waals surface area contributed by atoms with E-state index in [1.165, 1.54) is 0 Å². The molecule has 0 saturated heterocycles. The summed E-state index contributed by atoms with van der Waals surface area (Å²) in [5.74, 6) is 0.338. The third-order valence-corrected chi connectivity index (χ3v) is 4.40. The lowest BCUT2D eigenvalue weighted by molar-refractivity contribution is -0.122. The Balaban J connectivity index is 2.06. The van der Waals surface area contributed by atoms with E-state index in [4.69, 9.17) is 0 Å². The zero-order chi connectivity index (χ0) is 18.7. The van der Waals surface area contributed by atoms with E-state index in [1.807, 2.05) is 69.3 Å². The van der Waals surface area contributed by atoms with Crippen LogP contribution in [0.15, 0.2) is 54.7 Å². The molecule has 1 amide bonds. The molecule has 0 fully saturated rings. The van der Waals surface area contributed by atoms with Gasteiger partial charge >= 0.3 is 0 Å². The van der Waals surface area contributed by atoms with Gasteiger partial charge in [0.15, 0.2) is 0 Å². The first-order chi connectivity index (χ1) is 12.5. The molecular formula is C22H24N2O2. The largest absolute Gasteiger partial charge is 0.505 e. The number of benzene rings is 2. The molecule has 0 aliphatic carbocycles. The van der Waals surface area contributed by atoms with Gasteiger partial charge in [0, 0.05) is 23.6 Å². The number of fused-ring (bicyclic) bond motifs is 1. The van der Waals surface area contributed by atoms with E-state index in [9.17, 15) is 9.90 Å². The summed E-state index contributed by atoms with van der Waals surface area (Å²) in [4.78, 5) is 16.7. The standard InChI is InChI=1S/C22H24N2O2/c1-14(2)13-19(25)24-20(17-8-6-15(3)7-9-17)18-11-10-16-5-4-12-23-21(16)22(18)26/h4-12,14,20,26H,13H2,1-3H3,(H,24,25)/t20-/m1/s1. The molecule has 0 unspecified atom stereocenters.